The van der Waals surface area contributed by atoms with Crippen molar-refractivity contribution >= 4 is 101 Å². The van der Waals surface area contributed by atoms with E-state index in [9.17, 15) is 43.2 Å². The number of cyclic esters (lactones) is 2. The third-order valence-corrected chi connectivity index (χ3v) is 12.6. The Morgan fingerprint density at radius 3 is 1.43 bits per heavy atom. The fourth-order valence-corrected chi connectivity index (χ4v) is 7.97. The van der Waals surface area contributed by atoms with Gasteiger partial charge in [-0.3, -0.25) is 33.6 Å². The molecule has 0 saturated carbocycles. The summed E-state index contributed by atoms with van der Waals surface area (Å²) >= 11 is 8.11. The van der Waals surface area contributed by atoms with Crippen LogP contribution >= 0.6 is 47.9 Å². The monoisotopic (exact) mass is 1070 g/mol. The second-order valence-electron chi connectivity index (χ2n) is 16.5. The average Bonchev–Trinajstić information content (AvgIpc) is 3.35. The van der Waals surface area contributed by atoms with Crippen molar-refractivity contribution in [1.29, 1.82) is 0 Å². The highest BCUT2D eigenvalue weighted by molar-refractivity contribution is 8.11. The fraction of sp³-hybridized carbons (Fsp3) is 0.449. The van der Waals surface area contributed by atoms with Gasteiger partial charge in [0.05, 0.1) is 37.3 Å². The molecule has 0 aliphatic carbocycles. The maximum Gasteiger partial charge on any atom is 0.329 e. The van der Waals surface area contributed by atoms with Crippen molar-refractivity contribution in [2.24, 2.45) is 11.8 Å². The number of ether oxygens (including phenoxy) is 2. The number of aromatic nitrogens is 2. The molecule has 4 heterocycles. The van der Waals surface area contributed by atoms with Crippen molar-refractivity contribution in [3.63, 3.8) is 0 Å². The number of pyridine rings is 2. The molecule has 0 unspecified atom stereocenters. The van der Waals surface area contributed by atoms with Gasteiger partial charge < -0.3 is 41.4 Å². The molecule has 0 saturated heterocycles. The minimum atomic E-state index is -1.03. The van der Waals surface area contributed by atoms with Gasteiger partial charge in [0.15, 0.2) is 5.62 Å². The molecular formula is C49H64N8O11S4. The van der Waals surface area contributed by atoms with E-state index in [0.717, 1.165) is 27.2 Å². The molecule has 0 fully saturated rings. The van der Waals surface area contributed by atoms with Gasteiger partial charge in [-0.05, 0) is 93.2 Å². The summed E-state index contributed by atoms with van der Waals surface area (Å²) in [6.07, 6.45) is 12.6. The lowest BCUT2D eigenvalue weighted by atomic mass is 10.0. The highest BCUT2D eigenvalue weighted by atomic mass is 32.2. The zero-order chi connectivity index (χ0) is 53.3. The van der Waals surface area contributed by atoms with Gasteiger partial charge in [0.2, 0.25) is 11.8 Å². The van der Waals surface area contributed by atoms with Crippen molar-refractivity contribution in [3.8, 4) is 0 Å². The highest BCUT2D eigenvalue weighted by Gasteiger charge is 2.32. The zero-order valence-corrected chi connectivity index (χ0v) is 44.9. The normalized spacial score (nSPS) is 21.3. The number of nitrogens with one attached hydrogen (secondary N) is 6. The number of allylic oxidation sites excluding steroid dienone is 4. The van der Waals surface area contributed by atoms with Crippen LogP contribution in [0, 0.1) is 11.8 Å². The minimum Gasteiger partial charge on any atom is -0.456 e. The number of amides is 6. The number of hydrogen-bond donors (Lipinski definition) is 7. The Balaban J connectivity index is 0.000000381. The molecule has 4 atom stereocenters. The predicted molar refractivity (Wildman–Crippen MR) is 281 cm³/mol. The number of nitrogens with zero attached hydrogens (tertiary/aromatic N) is 2. The van der Waals surface area contributed by atoms with Crippen molar-refractivity contribution in [1.82, 2.24) is 41.9 Å². The van der Waals surface area contributed by atoms with E-state index in [1.165, 1.54) is 35.7 Å². The van der Waals surface area contributed by atoms with Crippen molar-refractivity contribution < 1.29 is 52.6 Å². The highest BCUT2D eigenvalue weighted by Crippen LogP contribution is 2.20. The zero-order valence-electron chi connectivity index (χ0n) is 41.5. The van der Waals surface area contributed by atoms with Gasteiger partial charge in [0, 0.05) is 15.5 Å². The van der Waals surface area contributed by atoms with E-state index in [1.807, 2.05) is 12.5 Å². The molecule has 2 aliphatic heterocycles. The van der Waals surface area contributed by atoms with Gasteiger partial charge in [-0.15, -0.1) is 23.5 Å². The molecule has 6 N–H and O–H groups in total. The molecule has 2 aromatic rings. The first kappa shape index (κ1) is 60.4. The predicted octanol–water partition coefficient (Wildman–Crippen LogP) is 4.77. The maximum atomic E-state index is 13.0. The van der Waals surface area contributed by atoms with Crippen molar-refractivity contribution in [3.05, 3.63) is 94.9 Å². The number of thiol groups is 1. The van der Waals surface area contributed by atoms with Crippen LogP contribution in [0.1, 0.15) is 99.6 Å². The number of carbonyl (C=O) groups is 9. The van der Waals surface area contributed by atoms with E-state index in [0.29, 0.717) is 35.7 Å². The molecule has 2 aliphatic rings. The van der Waals surface area contributed by atoms with E-state index in [2.05, 4.69) is 54.5 Å². The first-order valence-electron chi connectivity index (χ1n) is 23.0. The summed E-state index contributed by atoms with van der Waals surface area (Å²) in [6, 6.07) is 4.71. The van der Waals surface area contributed by atoms with E-state index >= 15 is 0 Å². The van der Waals surface area contributed by atoms with Crippen LogP contribution in [0.3, 0.4) is 0 Å². The lowest BCUT2D eigenvalue weighted by molar-refractivity contribution is -0.153. The summed E-state index contributed by atoms with van der Waals surface area (Å²) in [4.78, 5) is 124. The summed E-state index contributed by atoms with van der Waals surface area (Å²) in [5.74, 6) is -4.09. The van der Waals surface area contributed by atoms with Crippen LogP contribution in [-0.2, 0) is 56.1 Å². The van der Waals surface area contributed by atoms with Crippen LogP contribution < -0.4 is 31.9 Å². The quantitative estimate of drug-likeness (QED) is 0.0287. The van der Waals surface area contributed by atoms with Crippen LogP contribution in [0.2, 0.25) is 0 Å². The SMILES string of the molecule is C/C=C1\NC(=O)c2cc(SC)cc(n2)CNC(=O)C[C@@H](/C=C/CCS)OC(=O)[C@H](C(C)C)NC1=O.C/C=C1\NC(=O)c2cc(SC)cc(n2)CNC(=O)C[C@@H](/C=C/CCSC=O)OC(=O)[C@H](C(C)C)NC1=O. The average molecular weight is 1070 g/mol. The number of hydrogen-bond acceptors (Lipinski definition) is 17. The second kappa shape index (κ2) is 31.5. The summed E-state index contributed by atoms with van der Waals surface area (Å²) in [7, 11) is 0. The number of esters is 2. The van der Waals surface area contributed by atoms with Gasteiger partial charge in [-0.2, -0.15) is 12.6 Å². The fourth-order valence-electron chi connectivity index (χ4n) is 6.48. The van der Waals surface area contributed by atoms with Crippen molar-refractivity contribution in [2.75, 3.05) is 24.0 Å². The van der Waals surface area contributed by atoms with Gasteiger partial charge in [-0.1, -0.05) is 63.8 Å². The Labute approximate surface area is 438 Å². The van der Waals surface area contributed by atoms with Crippen molar-refractivity contribution in [2.45, 2.75) is 114 Å². The Morgan fingerprint density at radius 2 is 1.07 bits per heavy atom. The number of thioether (sulfide) groups is 3. The Kier molecular flexibility index (Phi) is 26.4. The molecule has 0 radical (unpaired) electrons. The Hall–Kier alpha value is -5.91. The van der Waals surface area contributed by atoms with E-state index < -0.39 is 59.9 Å². The van der Waals surface area contributed by atoms with Crippen LogP contribution in [0.15, 0.2) is 81.9 Å². The van der Waals surface area contributed by atoms with Gasteiger partial charge in [-0.25, -0.2) is 19.6 Å². The second-order valence-corrected chi connectivity index (χ2v) is 19.6. The number of fused-ring (bicyclic) bond motifs is 4. The van der Waals surface area contributed by atoms with Gasteiger partial charge in [0.25, 0.3) is 23.6 Å². The maximum absolute atomic E-state index is 13.0. The molecule has 390 valence electrons. The summed E-state index contributed by atoms with van der Waals surface area (Å²) < 4.78 is 11.2. The van der Waals surface area contributed by atoms with Crippen LogP contribution in [0.4, 0.5) is 0 Å². The van der Waals surface area contributed by atoms with E-state index in [4.69, 9.17) is 9.47 Å². The number of carbonyl (C=O) groups excluding carboxylic acids is 9. The van der Waals surface area contributed by atoms with Crippen LogP contribution in [0.25, 0.3) is 0 Å². The molecule has 4 bridgehead atoms. The lowest BCUT2D eigenvalue weighted by Gasteiger charge is -2.24. The first-order valence-corrected chi connectivity index (χ1v) is 27.1. The third kappa shape index (κ3) is 20.3. The molecule has 19 nitrogen and oxygen atoms in total. The molecule has 4 rings (SSSR count). The largest absolute Gasteiger partial charge is 0.456 e. The Morgan fingerprint density at radius 1 is 0.653 bits per heavy atom. The van der Waals surface area contributed by atoms with Gasteiger partial charge >= 0.3 is 11.9 Å². The first-order chi connectivity index (χ1) is 34.4. The summed E-state index contributed by atoms with van der Waals surface area (Å²) in [5.41, 5.74) is 1.82. The van der Waals surface area contributed by atoms with Crippen LogP contribution in [0.5, 0.6) is 0 Å². The molecule has 23 heteroatoms. The standard InChI is InChI=1S/C25H32N4O6S2.C24H32N4O5S2/c1-5-19-23(32)29-22(15(2)3)25(34)35-17(8-6-7-9-37-14-30)11-21(31)26-13-16-10-18(36-4)12-20(27-16)24(33)28-19;1-5-18-22(30)28-21(14(2)3)24(32)33-16(8-6-7-9-34)11-20(29)25-13-15-10-17(35-4)12-19(26-15)23(31)27-18/h5-6,8,10,12,14-15,17,22H,7,9,11,13H2,1-4H3,(H,26,31)(H,28,33)(H,29,32);5-6,8,10,12,14,16,21,34H,7,9,11,13H2,1-4H3,(H,25,29)(H,27,31)(H,28,30)/b8-6+,19-5-;8-6+,18-5-/t17-,22+;16-,21+/m11/s1. The van der Waals surface area contributed by atoms with Gasteiger partial charge in [0.1, 0.15) is 47.1 Å². The number of rotatable bonds is 12. The Bertz CT molecular complexity index is 2410. The van der Waals surface area contributed by atoms with E-state index in [1.54, 1.807) is 90.1 Å². The smallest absolute Gasteiger partial charge is 0.329 e. The minimum absolute atomic E-state index is 0.0167. The lowest BCUT2D eigenvalue weighted by Crippen LogP contribution is -2.48. The molecule has 2 aromatic heterocycles. The molecular weight excluding hydrogens is 1000 g/mol. The summed E-state index contributed by atoms with van der Waals surface area (Å²) in [6.45, 7) is 10.3. The topological polar surface area (TPSA) is 270 Å². The molecule has 72 heavy (non-hydrogen) atoms. The van der Waals surface area contributed by atoms with E-state index in [-0.39, 0.29) is 72.4 Å². The third-order valence-electron chi connectivity index (χ3n) is 10.3. The summed E-state index contributed by atoms with van der Waals surface area (Å²) in [5, 5.41) is 15.9. The van der Waals surface area contributed by atoms with Crippen LogP contribution in [-0.4, -0.2) is 111 Å². The molecule has 0 aromatic carbocycles. The molecule has 0 spiro atoms. The molecule has 6 amide bonds.